The number of aromatic amines is 1. The van der Waals surface area contributed by atoms with Gasteiger partial charge in [0.15, 0.2) is 5.65 Å². The number of ether oxygens (including phenoxy) is 1. The van der Waals surface area contributed by atoms with Crippen LogP contribution in [0.3, 0.4) is 0 Å². The zero-order valence-electron chi connectivity index (χ0n) is 12.1. The Balaban J connectivity index is 2.12. The molecule has 20 heavy (non-hydrogen) atoms. The summed E-state index contributed by atoms with van der Waals surface area (Å²) in [4.78, 5) is 6.83. The summed E-state index contributed by atoms with van der Waals surface area (Å²) in [6.07, 6.45) is 1.71. The van der Waals surface area contributed by atoms with Crippen LogP contribution in [-0.4, -0.2) is 46.1 Å². The van der Waals surface area contributed by atoms with Crippen molar-refractivity contribution in [1.29, 1.82) is 0 Å². The highest BCUT2D eigenvalue weighted by molar-refractivity contribution is 5.81. The maximum atomic E-state index is 10.4. The van der Waals surface area contributed by atoms with Crippen LogP contribution in [0.15, 0.2) is 12.3 Å². The highest BCUT2D eigenvalue weighted by Gasteiger charge is 2.26. The minimum Gasteiger partial charge on any atom is -0.386 e. The number of nitrogens with zero attached hydrogens (tertiary/aromatic N) is 3. The number of anilines is 1. The summed E-state index contributed by atoms with van der Waals surface area (Å²) in [7, 11) is 0. The predicted octanol–water partition coefficient (Wildman–Crippen LogP) is 1.41. The summed E-state index contributed by atoms with van der Waals surface area (Å²) in [6, 6.07) is 2.23. The quantitative estimate of drug-likeness (QED) is 0.867. The number of rotatable bonds is 2. The molecule has 1 saturated heterocycles. The van der Waals surface area contributed by atoms with E-state index in [4.69, 9.17) is 4.74 Å². The zero-order valence-corrected chi connectivity index (χ0v) is 12.1. The van der Waals surface area contributed by atoms with Crippen molar-refractivity contribution in [2.45, 2.75) is 32.4 Å². The molecule has 1 unspecified atom stereocenters. The second-order valence-electron chi connectivity index (χ2n) is 5.84. The molecular weight excluding hydrogens is 256 g/mol. The van der Waals surface area contributed by atoms with Crippen molar-refractivity contribution in [2.24, 2.45) is 0 Å². The molecule has 6 heteroatoms. The van der Waals surface area contributed by atoms with Crippen molar-refractivity contribution in [3.8, 4) is 0 Å². The average molecular weight is 276 g/mol. The summed E-state index contributed by atoms with van der Waals surface area (Å²) in [6.45, 7) is 7.87. The van der Waals surface area contributed by atoms with Crippen molar-refractivity contribution in [2.75, 3.05) is 24.7 Å². The molecule has 2 aromatic heterocycles. The Bertz CT molecular complexity index is 617. The summed E-state index contributed by atoms with van der Waals surface area (Å²) < 4.78 is 5.46. The number of pyridine rings is 1. The van der Waals surface area contributed by atoms with Gasteiger partial charge in [-0.05, 0) is 32.4 Å². The molecule has 0 amide bonds. The van der Waals surface area contributed by atoms with E-state index in [1.165, 1.54) is 0 Å². The SMILES string of the molecule is CC1COCCN1c1cc(C(C)(C)O)c2cn[nH]c2n1. The molecule has 0 aliphatic carbocycles. The molecule has 0 bridgehead atoms. The van der Waals surface area contributed by atoms with Crippen LogP contribution in [-0.2, 0) is 10.3 Å². The van der Waals surface area contributed by atoms with Crippen molar-refractivity contribution in [1.82, 2.24) is 15.2 Å². The molecule has 1 aliphatic rings. The molecule has 2 aromatic rings. The maximum Gasteiger partial charge on any atom is 0.157 e. The van der Waals surface area contributed by atoms with Crippen LogP contribution in [0.2, 0.25) is 0 Å². The summed E-state index contributed by atoms with van der Waals surface area (Å²) >= 11 is 0. The van der Waals surface area contributed by atoms with Crippen molar-refractivity contribution >= 4 is 16.9 Å². The van der Waals surface area contributed by atoms with Crippen molar-refractivity contribution in [3.63, 3.8) is 0 Å². The molecule has 1 aliphatic heterocycles. The van der Waals surface area contributed by atoms with E-state index < -0.39 is 5.60 Å². The first kappa shape index (κ1) is 13.3. The Morgan fingerprint density at radius 3 is 3.00 bits per heavy atom. The van der Waals surface area contributed by atoms with Crippen LogP contribution in [0.1, 0.15) is 26.3 Å². The second kappa shape index (κ2) is 4.71. The molecule has 3 heterocycles. The fraction of sp³-hybridized carbons (Fsp3) is 0.571. The van der Waals surface area contributed by atoms with Gasteiger partial charge in [0.05, 0.1) is 31.1 Å². The Labute approximate surface area is 117 Å². The molecule has 0 radical (unpaired) electrons. The lowest BCUT2D eigenvalue weighted by Crippen LogP contribution is -2.44. The number of nitrogens with one attached hydrogen (secondary N) is 1. The van der Waals surface area contributed by atoms with Gasteiger partial charge in [-0.3, -0.25) is 5.10 Å². The van der Waals surface area contributed by atoms with Gasteiger partial charge < -0.3 is 14.7 Å². The smallest absolute Gasteiger partial charge is 0.157 e. The largest absolute Gasteiger partial charge is 0.386 e. The average Bonchev–Trinajstić information content (AvgIpc) is 2.85. The number of H-pyrrole nitrogens is 1. The Kier molecular flexibility index (Phi) is 3.14. The first-order valence-electron chi connectivity index (χ1n) is 6.88. The van der Waals surface area contributed by atoms with Gasteiger partial charge in [0.1, 0.15) is 5.82 Å². The predicted molar refractivity (Wildman–Crippen MR) is 76.8 cm³/mol. The Hall–Kier alpha value is -1.66. The fourth-order valence-corrected chi connectivity index (χ4v) is 2.64. The number of morpholine rings is 1. The zero-order chi connectivity index (χ0) is 14.3. The van der Waals surface area contributed by atoms with E-state index >= 15 is 0 Å². The van der Waals surface area contributed by atoms with Gasteiger partial charge >= 0.3 is 0 Å². The molecule has 0 aromatic carbocycles. The van der Waals surface area contributed by atoms with Crippen LogP contribution in [0.4, 0.5) is 5.82 Å². The van der Waals surface area contributed by atoms with Gasteiger partial charge in [0.25, 0.3) is 0 Å². The van der Waals surface area contributed by atoms with Gasteiger partial charge in [-0.2, -0.15) is 5.10 Å². The topological polar surface area (TPSA) is 74.3 Å². The normalized spacial score (nSPS) is 20.6. The molecule has 3 rings (SSSR count). The first-order chi connectivity index (χ1) is 9.47. The molecule has 1 atom stereocenters. The van der Waals surface area contributed by atoms with Gasteiger partial charge in [-0.25, -0.2) is 4.98 Å². The molecule has 108 valence electrons. The molecule has 0 spiro atoms. The monoisotopic (exact) mass is 276 g/mol. The summed E-state index contributed by atoms with van der Waals surface area (Å²) in [5.74, 6) is 0.856. The molecule has 2 N–H and O–H groups in total. The number of aliphatic hydroxyl groups is 1. The van der Waals surface area contributed by atoms with Crippen LogP contribution in [0.25, 0.3) is 11.0 Å². The Morgan fingerprint density at radius 1 is 1.50 bits per heavy atom. The van der Waals surface area contributed by atoms with E-state index in [1.807, 2.05) is 6.07 Å². The lowest BCUT2D eigenvalue weighted by molar-refractivity contribution is 0.0799. The summed E-state index contributed by atoms with van der Waals surface area (Å²) in [5.41, 5.74) is 0.610. The molecular formula is C14H20N4O2. The lowest BCUT2D eigenvalue weighted by Gasteiger charge is -2.35. The second-order valence-corrected chi connectivity index (χ2v) is 5.84. The van der Waals surface area contributed by atoms with Crippen LogP contribution in [0.5, 0.6) is 0 Å². The third-order valence-corrected chi connectivity index (χ3v) is 3.73. The van der Waals surface area contributed by atoms with E-state index in [9.17, 15) is 5.11 Å². The fourth-order valence-electron chi connectivity index (χ4n) is 2.64. The Morgan fingerprint density at radius 2 is 2.30 bits per heavy atom. The number of hydrogen-bond acceptors (Lipinski definition) is 5. The van der Waals surface area contributed by atoms with Gasteiger partial charge in [-0.1, -0.05) is 0 Å². The van der Waals surface area contributed by atoms with E-state index in [0.29, 0.717) is 18.9 Å². The first-order valence-corrected chi connectivity index (χ1v) is 6.88. The third kappa shape index (κ3) is 2.25. The van der Waals surface area contributed by atoms with Crippen LogP contribution in [0, 0.1) is 0 Å². The minimum atomic E-state index is -0.935. The van der Waals surface area contributed by atoms with Crippen molar-refractivity contribution in [3.05, 3.63) is 17.8 Å². The third-order valence-electron chi connectivity index (χ3n) is 3.73. The van der Waals surface area contributed by atoms with Gasteiger partial charge in [0.2, 0.25) is 0 Å². The van der Waals surface area contributed by atoms with Gasteiger partial charge in [-0.15, -0.1) is 0 Å². The highest BCUT2D eigenvalue weighted by atomic mass is 16.5. The molecule has 1 fully saturated rings. The van der Waals surface area contributed by atoms with E-state index in [2.05, 4.69) is 27.0 Å². The standard InChI is InChI=1S/C14H20N4O2/c1-9-8-20-5-4-18(9)12-6-11(14(2,3)19)10-7-15-17-13(10)16-12/h6-7,9,19H,4-5,8H2,1-3H3,(H,15,16,17). The van der Waals surface area contributed by atoms with Crippen LogP contribution >= 0.6 is 0 Å². The van der Waals surface area contributed by atoms with E-state index in [1.54, 1.807) is 20.0 Å². The molecule has 6 nitrogen and oxygen atoms in total. The highest BCUT2D eigenvalue weighted by Crippen LogP contribution is 2.31. The number of aromatic nitrogens is 3. The lowest BCUT2D eigenvalue weighted by atomic mass is 9.96. The van der Waals surface area contributed by atoms with E-state index in [0.717, 1.165) is 23.3 Å². The minimum absolute atomic E-state index is 0.270. The van der Waals surface area contributed by atoms with Crippen LogP contribution < -0.4 is 4.90 Å². The number of hydrogen-bond donors (Lipinski definition) is 2. The maximum absolute atomic E-state index is 10.4. The van der Waals surface area contributed by atoms with E-state index in [-0.39, 0.29) is 6.04 Å². The van der Waals surface area contributed by atoms with Gasteiger partial charge in [0, 0.05) is 11.9 Å². The number of fused-ring (bicyclic) bond motifs is 1. The molecule has 0 saturated carbocycles. The summed E-state index contributed by atoms with van der Waals surface area (Å²) in [5, 5.41) is 18.2. The van der Waals surface area contributed by atoms with Crippen molar-refractivity contribution < 1.29 is 9.84 Å².